The summed E-state index contributed by atoms with van der Waals surface area (Å²) in [4.78, 5) is 27.6. The van der Waals surface area contributed by atoms with Gasteiger partial charge in [-0.3, -0.25) is 4.79 Å². The first-order chi connectivity index (χ1) is 10.6. The Morgan fingerprint density at radius 1 is 1.32 bits per heavy atom. The predicted octanol–water partition coefficient (Wildman–Crippen LogP) is 1.86. The van der Waals surface area contributed by atoms with Crippen molar-refractivity contribution in [2.75, 3.05) is 0 Å². The maximum absolute atomic E-state index is 12.0. The van der Waals surface area contributed by atoms with E-state index in [0.29, 0.717) is 37.4 Å². The molecule has 0 unspecified atom stereocenters. The van der Waals surface area contributed by atoms with E-state index in [1.165, 1.54) is 0 Å². The number of nitrogens with one attached hydrogen (secondary N) is 1. The van der Waals surface area contributed by atoms with E-state index in [4.69, 9.17) is 4.52 Å². The molecule has 7 heteroatoms. The fourth-order valence-electron chi connectivity index (χ4n) is 2.82. The molecular formula is C15H23N3O4. The topological polar surface area (TPSA) is 105 Å². The lowest BCUT2D eigenvalue weighted by Crippen LogP contribution is -2.52. The van der Waals surface area contributed by atoms with Crippen molar-refractivity contribution in [2.24, 2.45) is 0 Å². The molecule has 1 aromatic heterocycles. The summed E-state index contributed by atoms with van der Waals surface area (Å²) in [5, 5.41) is 15.9. The minimum atomic E-state index is -1.06. The van der Waals surface area contributed by atoms with Gasteiger partial charge in [0.25, 0.3) is 0 Å². The largest absolute Gasteiger partial charge is 0.480 e. The second-order valence-corrected chi connectivity index (χ2v) is 5.85. The monoisotopic (exact) mass is 309 g/mol. The lowest BCUT2D eigenvalue weighted by atomic mass is 9.97. The first kappa shape index (κ1) is 16.5. The molecule has 2 rings (SSSR count). The minimum Gasteiger partial charge on any atom is -0.480 e. The minimum absolute atomic E-state index is 0.224. The molecule has 122 valence electrons. The molecule has 0 saturated heterocycles. The van der Waals surface area contributed by atoms with Crippen molar-refractivity contribution in [3.63, 3.8) is 0 Å². The summed E-state index contributed by atoms with van der Waals surface area (Å²) in [5.74, 6) is 0.0693. The molecule has 1 aliphatic rings. The molecule has 0 spiro atoms. The molecule has 0 atom stereocenters. The number of carbonyl (C=O) groups excluding carboxylic acids is 1. The van der Waals surface area contributed by atoms with Crippen molar-refractivity contribution >= 4 is 11.9 Å². The number of amides is 1. The Balaban J connectivity index is 1.76. The van der Waals surface area contributed by atoms with Crippen LogP contribution in [0.15, 0.2) is 4.52 Å². The van der Waals surface area contributed by atoms with Crippen LogP contribution in [0.25, 0.3) is 0 Å². The highest BCUT2D eigenvalue weighted by Gasteiger charge is 2.42. The van der Waals surface area contributed by atoms with Gasteiger partial charge in [0.1, 0.15) is 5.54 Å². The summed E-state index contributed by atoms with van der Waals surface area (Å²) >= 11 is 0. The van der Waals surface area contributed by atoms with E-state index < -0.39 is 11.5 Å². The van der Waals surface area contributed by atoms with Crippen molar-refractivity contribution in [3.8, 4) is 0 Å². The molecule has 1 saturated carbocycles. The predicted molar refractivity (Wildman–Crippen MR) is 78.2 cm³/mol. The maximum Gasteiger partial charge on any atom is 0.329 e. The van der Waals surface area contributed by atoms with Gasteiger partial charge >= 0.3 is 5.97 Å². The zero-order valence-corrected chi connectivity index (χ0v) is 12.9. The molecule has 0 aromatic carbocycles. The zero-order valence-electron chi connectivity index (χ0n) is 12.9. The SMILES string of the molecule is CCCc1noc(CCCC(=O)NC2(C(=O)O)CCCC2)n1. The van der Waals surface area contributed by atoms with Crippen LogP contribution in [0.4, 0.5) is 0 Å². The summed E-state index contributed by atoms with van der Waals surface area (Å²) in [6.07, 6.45) is 5.81. The standard InChI is InChI=1S/C15H23N3O4/c1-2-6-11-16-13(22-18-11)8-5-7-12(19)17-15(14(20)21)9-3-4-10-15/h2-10H2,1H3,(H,17,19)(H,20,21). The fourth-order valence-corrected chi connectivity index (χ4v) is 2.82. The zero-order chi connectivity index (χ0) is 16.0. The van der Waals surface area contributed by atoms with Gasteiger partial charge in [0.2, 0.25) is 11.8 Å². The fraction of sp³-hybridized carbons (Fsp3) is 0.733. The first-order valence-electron chi connectivity index (χ1n) is 7.91. The summed E-state index contributed by atoms with van der Waals surface area (Å²) < 4.78 is 5.10. The Labute approximate surface area is 129 Å². The molecule has 1 fully saturated rings. The molecule has 0 radical (unpaired) electrons. The molecule has 1 amide bonds. The third-order valence-corrected chi connectivity index (χ3v) is 4.02. The van der Waals surface area contributed by atoms with Crippen LogP contribution >= 0.6 is 0 Å². The molecule has 7 nitrogen and oxygen atoms in total. The normalized spacial score (nSPS) is 16.6. The van der Waals surface area contributed by atoms with Crippen molar-refractivity contribution in [3.05, 3.63) is 11.7 Å². The quantitative estimate of drug-likeness (QED) is 0.759. The Hall–Kier alpha value is -1.92. The number of carbonyl (C=O) groups is 2. The van der Waals surface area contributed by atoms with Crippen molar-refractivity contribution < 1.29 is 19.2 Å². The molecule has 2 N–H and O–H groups in total. The van der Waals surface area contributed by atoms with Crippen LogP contribution in [-0.4, -0.2) is 32.7 Å². The molecule has 1 aromatic rings. The van der Waals surface area contributed by atoms with Gasteiger partial charge in [-0.25, -0.2) is 4.79 Å². The molecule has 1 heterocycles. The smallest absolute Gasteiger partial charge is 0.329 e. The maximum atomic E-state index is 12.0. The van der Waals surface area contributed by atoms with Crippen LogP contribution in [0.1, 0.15) is 63.6 Å². The second-order valence-electron chi connectivity index (χ2n) is 5.85. The van der Waals surface area contributed by atoms with E-state index in [2.05, 4.69) is 15.5 Å². The van der Waals surface area contributed by atoms with E-state index in [0.717, 1.165) is 25.7 Å². The van der Waals surface area contributed by atoms with Gasteiger partial charge < -0.3 is 14.9 Å². The summed E-state index contributed by atoms with van der Waals surface area (Å²) in [6, 6.07) is 0. The second kappa shape index (κ2) is 7.38. The van der Waals surface area contributed by atoms with Crippen molar-refractivity contribution in [2.45, 2.75) is 70.3 Å². The first-order valence-corrected chi connectivity index (χ1v) is 7.91. The number of nitrogens with zero attached hydrogens (tertiary/aromatic N) is 2. The Kier molecular flexibility index (Phi) is 5.51. The average molecular weight is 309 g/mol. The van der Waals surface area contributed by atoms with Crippen LogP contribution in [0.3, 0.4) is 0 Å². The van der Waals surface area contributed by atoms with Crippen LogP contribution in [0.2, 0.25) is 0 Å². The van der Waals surface area contributed by atoms with Crippen molar-refractivity contribution in [1.29, 1.82) is 0 Å². The van der Waals surface area contributed by atoms with Crippen molar-refractivity contribution in [1.82, 2.24) is 15.5 Å². The highest BCUT2D eigenvalue weighted by molar-refractivity contribution is 5.87. The summed E-state index contributed by atoms with van der Waals surface area (Å²) in [7, 11) is 0. The number of aromatic nitrogens is 2. The van der Waals surface area contributed by atoms with E-state index in [9.17, 15) is 14.7 Å². The molecule has 0 bridgehead atoms. The highest BCUT2D eigenvalue weighted by Crippen LogP contribution is 2.30. The molecular weight excluding hydrogens is 286 g/mol. The van der Waals surface area contributed by atoms with Crippen LogP contribution in [0, 0.1) is 0 Å². The number of hydrogen-bond donors (Lipinski definition) is 2. The number of carboxylic acids is 1. The molecule has 1 aliphatic carbocycles. The number of hydrogen-bond acceptors (Lipinski definition) is 5. The van der Waals surface area contributed by atoms with Gasteiger partial charge in [-0.1, -0.05) is 24.9 Å². The van der Waals surface area contributed by atoms with E-state index in [1.54, 1.807) is 0 Å². The van der Waals surface area contributed by atoms with Gasteiger partial charge in [-0.2, -0.15) is 4.98 Å². The Morgan fingerprint density at radius 2 is 2.05 bits per heavy atom. The van der Waals surface area contributed by atoms with Crippen LogP contribution in [-0.2, 0) is 22.4 Å². The number of aliphatic carboxylic acids is 1. The van der Waals surface area contributed by atoms with Gasteiger partial charge in [0.15, 0.2) is 5.82 Å². The van der Waals surface area contributed by atoms with Gasteiger partial charge in [-0.15, -0.1) is 0 Å². The van der Waals surface area contributed by atoms with E-state index in [1.807, 2.05) is 6.92 Å². The average Bonchev–Trinajstić information content (AvgIpc) is 3.10. The molecule has 22 heavy (non-hydrogen) atoms. The Bertz CT molecular complexity index is 521. The lowest BCUT2D eigenvalue weighted by Gasteiger charge is -2.25. The van der Waals surface area contributed by atoms with Crippen LogP contribution < -0.4 is 5.32 Å². The van der Waals surface area contributed by atoms with Crippen LogP contribution in [0.5, 0.6) is 0 Å². The highest BCUT2D eigenvalue weighted by atomic mass is 16.5. The third kappa shape index (κ3) is 4.05. The van der Waals surface area contributed by atoms with E-state index in [-0.39, 0.29) is 12.3 Å². The van der Waals surface area contributed by atoms with E-state index >= 15 is 0 Å². The summed E-state index contributed by atoms with van der Waals surface area (Å²) in [6.45, 7) is 2.04. The summed E-state index contributed by atoms with van der Waals surface area (Å²) in [5.41, 5.74) is -1.06. The number of carboxylic acid groups (broad SMARTS) is 1. The van der Waals surface area contributed by atoms with Gasteiger partial charge in [-0.05, 0) is 25.7 Å². The van der Waals surface area contributed by atoms with Gasteiger partial charge in [0, 0.05) is 19.3 Å². The van der Waals surface area contributed by atoms with Gasteiger partial charge in [0.05, 0.1) is 0 Å². The lowest BCUT2D eigenvalue weighted by molar-refractivity contribution is -0.147. The number of aryl methyl sites for hydroxylation is 2. The number of rotatable bonds is 8. The molecule has 0 aliphatic heterocycles. The Morgan fingerprint density at radius 3 is 2.68 bits per heavy atom. The third-order valence-electron chi connectivity index (χ3n) is 4.02.